The van der Waals surface area contributed by atoms with E-state index in [1.807, 2.05) is 43.3 Å². The molecule has 2 aromatic carbocycles. The monoisotopic (exact) mass is 345 g/mol. The Hall–Kier alpha value is -1.69. The van der Waals surface area contributed by atoms with Crippen LogP contribution in [0.3, 0.4) is 0 Å². The van der Waals surface area contributed by atoms with Crippen molar-refractivity contribution >= 4 is 9.84 Å². The Labute approximate surface area is 143 Å². The van der Waals surface area contributed by atoms with Gasteiger partial charge >= 0.3 is 0 Å². The van der Waals surface area contributed by atoms with Crippen molar-refractivity contribution in [3.63, 3.8) is 0 Å². The van der Waals surface area contributed by atoms with Gasteiger partial charge in [0.05, 0.1) is 16.8 Å². The van der Waals surface area contributed by atoms with Crippen LogP contribution in [0.5, 0.6) is 0 Å². The molecular weight excluding hydrogens is 322 g/mol. The molecule has 3 atom stereocenters. The van der Waals surface area contributed by atoms with E-state index in [9.17, 15) is 8.42 Å². The lowest BCUT2D eigenvalue weighted by atomic mass is 10.0. The minimum absolute atomic E-state index is 0.138. The number of nitrogens with two attached hydrogens (primary N) is 1. The van der Waals surface area contributed by atoms with Crippen LogP contribution in [0.1, 0.15) is 18.4 Å². The average Bonchev–Trinajstić information content (AvgIpc) is 3.32. The molecule has 0 heterocycles. The van der Waals surface area contributed by atoms with Crippen LogP contribution in [0, 0.1) is 5.41 Å². The molecule has 3 rings (SSSR count). The average molecular weight is 345 g/mol. The first kappa shape index (κ1) is 17.1. The third kappa shape index (κ3) is 2.77. The molecule has 1 saturated carbocycles. The Bertz CT molecular complexity index is 777. The Morgan fingerprint density at radius 3 is 2.17 bits per heavy atom. The number of benzene rings is 2. The summed E-state index contributed by atoms with van der Waals surface area (Å²) < 4.78 is 32.0. The van der Waals surface area contributed by atoms with Crippen LogP contribution in [-0.2, 0) is 14.6 Å². The van der Waals surface area contributed by atoms with Crippen LogP contribution in [0.15, 0.2) is 65.6 Å². The molecule has 2 aromatic rings. The number of ether oxygens (including phenoxy) is 1. The van der Waals surface area contributed by atoms with Crippen LogP contribution in [0.25, 0.3) is 0 Å². The normalized spacial score (nSPS) is 26.2. The van der Waals surface area contributed by atoms with Crippen LogP contribution in [0.4, 0.5) is 0 Å². The Balaban J connectivity index is 2.03. The minimum atomic E-state index is -3.47. The Morgan fingerprint density at radius 2 is 1.62 bits per heavy atom. The Morgan fingerprint density at radius 1 is 1.04 bits per heavy atom. The van der Waals surface area contributed by atoms with Crippen molar-refractivity contribution in [2.24, 2.45) is 11.1 Å². The van der Waals surface area contributed by atoms with Gasteiger partial charge in [-0.3, -0.25) is 0 Å². The fourth-order valence-corrected chi connectivity index (χ4v) is 6.10. The van der Waals surface area contributed by atoms with E-state index < -0.39 is 20.5 Å². The van der Waals surface area contributed by atoms with Gasteiger partial charge in [-0.15, -0.1) is 0 Å². The van der Waals surface area contributed by atoms with Gasteiger partial charge in [-0.05, 0) is 24.6 Å². The maximum absolute atomic E-state index is 13.2. The molecule has 1 aliphatic carbocycles. The van der Waals surface area contributed by atoms with Crippen LogP contribution >= 0.6 is 0 Å². The van der Waals surface area contributed by atoms with E-state index in [1.54, 1.807) is 24.3 Å². The lowest BCUT2D eigenvalue weighted by Gasteiger charge is -2.16. The highest BCUT2D eigenvalue weighted by atomic mass is 32.2. The van der Waals surface area contributed by atoms with Crippen LogP contribution in [0.2, 0.25) is 0 Å². The zero-order valence-corrected chi connectivity index (χ0v) is 14.6. The molecule has 4 nitrogen and oxygen atoms in total. The lowest BCUT2D eigenvalue weighted by Crippen LogP contribution is -2.29. The summed E-state index contributed by atoms with van der Waals surface area (Å²) in [6, 6.07) is 18.4. The van der Waals surface area contributed by atoms with Gasteiger partial charge in [0.1, 0.15) is 0 Å². The van der Waals surface area contributed by atoms with E-state index in [-0.39, 0.29) is 12.5 Å². The number of hydrogen-bond acceptors (Lipinski definition) is 4. The van der Waals surface area contributed by atoms with E-state index >= 15 is 0 Å². The third-order valence-electron chi connectivity index (χ3n) is 4.90. The largest absolute Gasteiger partial charge is 0.381 e. The number of hydrogen-bond donors (Lipinski definition) is 1. The second-order valence-corrected chi connectivity index (χ2v) is 8.31. The van der Waals surface area contributed by atoms with Gasteiger partial charge < -0.3 is 10.5 Å². The van der Waals surface area contributed by atoms with Crippen molar-refractivity contribution in [1.29, 1.82) is 0 Å². The first-order valence-electron chi connectivity index (χ1n) is 8.19. The van der Waals surface area contributed by atoms with Crippen molar-refractivity contribution in [3.05, 3.63) is 66.2 Å². The summed E-state index contributed by atoms with van der Waals surface area (Å²) in [7, 11) is -3.47. The van der Waals surface area contributed by atoms with E-state index in [4.69, 9.17) is 10.5 Å². The quantitative estimate of drug-likeness (QED) is 0.837. The first-order valence-corrected chi connectivity index (χ1v) is 9.74. The zero-order chi connectivity index (χ0) is 17.2. The van der Waals surface area contributed by atoms with Crippen LogP contribution in [-0.4, -0.2) is 33.4 Å². The molecule has 0 bridgehead atoms. The molecule has 0 saturated heterocycles. The highest BCUT2D eigenvalue weighted by Gasteiger charge is 2.70. The summed E-state index contributed by atoms with van der Waals surface area (Å²) in [6.45, 7) is 3.09. The summed E-state index contributed by atoms with van der Waals surface area (Å²) in [4.78, 5) is 0.350. The molecule has 0 unspecified atom stereocenters. The topological polar surface area (TPSA) is 69.4 Å². The summed E-state index contributed by atoms with van der Waals surface area (Å²) in [5, 5.41) is -0.550. The zero-order valence-electron chi connectivity index (χ0n) is 13.8. The van der Waals surface area contributed by atoms with E-state index in [0.717, 1.165) is 5.56 Å². The first-order chi connectivity index (χ1) is 11.6. The highest BCUT2D eigenvalue weighted by molar-refractivity contribution is 7.92. The third-order valence-corrected chi connectivity index (χ3v) is 7.24. The smallest absolute Gasteiger partial charge is 0.182 e. The Kier molecular flexibility index (Phi) is 4.76. The maximum atomic E-state index is 13.2. The number of rotatable bonds is 7. The molecule has 24 heavy (non-hydrogen) atoms. The summed E-state index contributed by atoms with van der Waals surface area (Å²) in [6.07, 6.45) is 0. The SMILES string of the molecule is CCOC[C@]1(CN)[C@H](c2ccccc2)[C@H]1S(=O)(=O)c1ccccc1. The summed E-state index contributed by atoms with van der Waals surface area (Å²) in [5.41, 5.74) is 6.50. The fourth-order valence-electron chi connectivity index (χ4n) is 3.63. The molecule has 1 fully saturated rings. The molecule has 128 valence electrons. The minimum Gasteiger partial charge on any atom is -0.381 e. The number of sulfone groups is 1. The molecule has 2 N–H and O–H groups in total. The van der Waals surface area contributed by atoms with Crippen molar-refractivity contribution in [1.82, 2.24) is 0 Å². The second-order valence-electron chi connectivity index (χ2n) is 6.24. The second kappa shape index (κ2) is 6.67. The predicted octanol–water partition coefficient (Wildman–Crippen LogP) is 2.61. The highest BCUT2D eigenvalue weighted by Crippen LogP contribution is 2.63. The van der Waals surface area contributed by atoms with E-state index in [1.165, 1.54) is 0 Å². The van der Waals surface area contributed by atoms with Crippen molar-refractivity contribution in [2.75, 3.05) is 19.8 Å². The van der Waals surface area contributed by atoms with Crippen molar-refractivity contribution < 1.29 is 13.2 Å². The molecule has 0 aliphatic heterocycles. The van der Waals surface area contributed by atoms with E-state index in [2.05, 4.69) is 0 Å². The van der Waals surface area contributed by atoms with Crippen molar-refractivity contribution in [2.45, 2.75) is 23.0 Å². The van der Waals surface area contributed by atoms with Crippen LogP contribution < -0.4 is 5.73 Å². The van der Waals surface area contributed by atoms with Gasteiger partial charge in [0.15, 0.2) is 9.84 Å². The van der Waals surface area contributed by atoms with Gasteiger partial charge in [0, 0.05) is 24.5 Å². The molecule has 1 aliphatic rings. The van der Waals surface area contributed by atoms with Crippen molar-refractivity contribution in [3.8, 4) is 0 Å². The van der Waals surface area contributed by atoms with Gasteiger partial charge in [0.2, 0.25) is 0 Å². The van der Waals surface area contributed by atoms with Gasteiger partial charge in [0.25, 0.3) is 0 Å². The lowest BCUT2D eigenvalue weighted by molar-refractivity contribution is 0.101. The summed E-state index contributed by atoms with van der Waals surface area (Å²) >= 11 is 0. The van der Waals surface area contributed by atoms with Gasteiger partial charge in [-0.2, -0.15) is 0 Å². The fraction of sp³-hybridized carbons (Fsp3) is 0.368. The standard InChI is InChI=1S/C19H23NO3S/c1-2-23-14-19(13-20)17(15-9-5-3-6-10-15)18(19)24(21,22)16-11-7-4-8-12-16/h3-12,17-18H,2,13-14,20H2,1H3/t17-,18-,19-/m1/s1. The summed E-state index contributed by atoms with van der Waals surface area (Å²) in [5.74, 6) is -0.138. The molecule has 0 aromatic heterocycles. The van der Waals surface area contributed by atoms with Gasteiger partial charge in [-0.25, -0.2) is 8.42 Å². The predicted molar refractivity (Wildman–Crippen MR) is 94.6 cm³/mol. The molecule has 5 heteroatoms. The molecule has 0 spiro atoms. The molecule has 0 radical (unpaired) electrons. The van der Waals surface area contributed by atoms with E-state index in [0.29, 0.717) is 18.1 Å². The molecule has 0 amide bonds. The maximum Gasteiger partial charge on any atom is 0.182 e. The molecular formula is C19H23NO3S. The van der Waals surface area contributed by atoms with Gasteiger partial charge in [-0.1, -0.05) is 48.5 Å².